The monoisotopic (exact) mass is 365 g/mol. The second-order valence-corrected chi connectivity index (χ2v) is 7.65. The lowest BCUT2D eigenvalue weighted by Crippen LogP contribution is -2.38. The largest absolute Gasteiger partial charge is 0.490 e. The van der Waals surface area contributed by atoms with Crippen molar-refractivity contribution in [2.45, 2.75) is 42.8 Å². The summed E-state index contributed by atoms with van der Waals surface area (Å²) in [7, 11) is -3.32. The van der Waals surface area contributed by atoms with Gasteiger partial charge in [-0.2, -0.15) is 13.2 Å². The molecule has 0 saturated heterocycles. The van der Waals surface area contributed by atoms with Crippen LogP contribution in [0.25, 0.3) is 0 Å². The summed E-state index contributed by atoms with van der Waals surface area (Å²) in [6.07, 6.45) is -0.367. The van der Waals surface area contributed by atoms with Crippen molar-refractivity contribution >= 4 is 16.0 Å². The van der Waals surface area contributed by atoms with Crippen molar-refractivity contribution in [2.24, 2.45) is 11.8 Å². The van der Waals surface area contributed by atoms with Crippen molar-refractivity contribution in [1.82, 2.24) is 4.72 Å². The molecule has 9 heteroatoms. The fraction of sp³-hybridized carbons (Fsp3) is 0.533. The zero-order valence-electron chi connectivity index (χ0n) is 12.7. The van der Waals surface area contributed by atoms with Gasteiger partial charge in [0.1, 0.15) is 0 Å². The first-order valence-electron chi connectivity index (χ1n) is 7.49. The van der Waals surface area contributed by atoms with Gasteiger partial charge in [-0.1, -0.05) is 18.2 Å². The van der Waals surface area contributed by atoms with Gasteiger partial charge in [0, 0.05) is 6.04 Å². The molecule has 0 atom stereocenters. The molecule has 0 aromatic heterocycles. The van der Waals surface area contributed by atoms with E-state index in [9.17, 15) is 21.6 Å². The van der Waals surface area contributed by atoms with E-state index in [-0.39, 0.29) is 6.04 Å². The zero-order chi connectivity index (χ0) is 18.0. The van der Waals surface area contributed by atoms with Gasteiger partial charge in [0.15, 0.2) is 0 Å². The summed E-state index contributed by atoms with van der Waals surface area (Å²) in [5, 5.41) is 7.12. The molecule has 24 heavy (non-hydrogen) atoms. The topological polar surface area (TPSA) is 83.5 Å². The first-order chi connectivity index (χ1) is 11.1. The molecule has 0 heterocycles. The van der Waals surface area contributed by atoms with E-state index < -0.39 is 22.2 Å². The lowest BCUT2D eigenvalue weighted by Gasteiger charge is -2.17. The van der Waals surface area contributed by atoms with Crippen molar-refractivity contribution < 1.29 is 31.5 Å². The number of alkyl halides is 3. The Hall–Kier alpha value is -1.61. The second kappa shape index (κ2) is 7.10. The third kappa shape index (κ3) is 5.48. The highest BCUT2D eigenvalue weighted by atomic mass is 32.2. The van der Waals surface area contributed by atoms with E-state index in [2.05, 4.69) is 4.72 Å². The van der Waals surface area contributed by atoms with Crippen LogP contribution in [0.2, 0.25) is 0 Å². The normalized spacial score (nSPS) is 18.0. The number of hydrogen-bond acceptors (Lipinski definition) is 3. The van der Waals surface area contributed by atoms with E-state index in [0.29, 0.717) is 16.7 Å². The number of nitrogens with one attached hydrogen (secondary N) is 1. The first-order valence-corrected chi connectivity index (χ1v) is 8.97. The number of hydrogen-bond donors (Lipinski definition) is 2. The van der Waals surface area contributed by atoms with Crippen LogP contribution in [0.1, 0.15) is 25.7 Å². The molecule has 0 bridgehead atoms. The van der Waals surface area contributed by atoms with E-state index in [1.54, 1.807) is 24.3 Å². The summed E-state index contributed by atoms with van der Waals surface area (Å²) in [4.78, 5) is 9.28. The van der Waals surface area contributed by atoms with Gasteiger partial charge in [-0.05, 0) is 49.7 Å². The average Bonchev–Trinajstić information content (AvgIpc) is 3.39. The molecule has 2 aliphatic rings. The molecule has 2 fully saturated rings. The van der Waals surface area contributed by atoms with E-state index in [0.717, 1.165) is 0 Å². The second-order valence-electron chi connectivity index (χ2n) is 5.94. The number of halogens is 3. The Morgan fingerprint density at radius 2 is 1.50 bits per heavy atom. The van der Waals surface area contributed by atoms with Crippen molar-refractivity contribution in [2.75, 3.05) is 0 Å². The van der Waals surface area contributed by atoms with Gasteiger partial charge in [-0.25, -0.2) is 17.9 Å². The molecule has 0 unspecified atom stereocenters. The Morgan fingerprint density at radius 1 is 1.08 bits per heavy atom. The van der Waals surface area contributed by atoms with Crippen LogP contribution < -0.4 is 4.72 Å². The number of carbonyl (C=O) groups is 1. The Morgan fingerprint density at radius 3 is 1.83 bits per heavy atom. The van der Waals surface area contributed by atoms with Crippen molar-refractivity contribution in [3.05, 3.63) is 30.3 Å². The van der Waals surface area contributed by atoms with Crippen LogP contribution in [-0.4, -0.2) is 31.7 Å². The SMILES string of the molecule is O=C(O)C(F)(F)F.O=S(=O)(NC(C1CC1)C1CC1)c1ccccc1. The molecular formula is C15H18F3NO4S. The van der Waals surface area contributed by atoms with Crippen LogP contribution in [0.5, 0.6) is 0 Å². The molecule has 0 spiro atoms. The molecule has 2 N–H and O–H groups in total. The van der Waals surface area contributed by atoms with E-state index in [1.807, 2.05) is 6.07 Å². The van der Waals surface area contributed by atoms with Crippen molar-refractivity contribution in [3.8, 4) is 0 Å². The van der Waals surface area contributed by atoms with Gasteiger partial charge in [-0.3, -0.25) is 0 Å². The number of benzene rings is 1. The van der Waals surface area contributed by atoms with Crippen LogP contribution >= 0.6 is 0 Å². The standard InChI is InChI=1S/C13H17NO2S.C2HF3O2/c15-17(16,12-4-2-1-3-5-12)14-13(10-6-7-10)11-8-9-11;3-2(4,5)1(6)7/h1-5,10-11,13-14H,6-9H2;(H,6,7). The van der Waals surface area contributed by atoms with Crippen LogP contribution in [0.15, 0.2) is 35.2 Å². The Balaban J connectivity index is 0.000000256. The maximum absolute atomic E-state index is 12.2. The molecule has 5 nitrogen and oxygen atoms in total. The molecule has 2 saturated carbocycles. The number of rotatable bonds is 5. The summed E-state index contributed by atoms with van der Waals surface area (Å²) in [6, 6.07) is 8.84. The molecule has 3 rings (SSSR count). The highest BCUT2D eigenvalue weighted by Gasteiger charge is 2.43. The number of carboxylic acid groups (broad SMARTS) is 1. The highest BCUT2D eigenvalue weighted by molar-refractivity contribution is 7.89. The minimum absolute atomic E-state index is 0.181. The predicted octanol–water partition coefficient (Wildman–Crippen LogP) is 2.79. The number of sulfonamides is 1. The molecule has 134 valence electrons. The summed E-state index contributed by atoms with van der Waals surface area (Å²) in [6.45, 7) is 0. The van der Waals surface area contributed by atoms with E-state index >= 15 is 0 Å². The summed E-state index contributed by atoms with van der Waals surface area (Å²) >= 11 is 0. The molecule has 1 aromatic rings. The molecule has 0 aliphatic heterocycles. The fourth-order valence-electron chi connectivity index (χ4n) is 2.33. The van der Waals surface area contributed by atoms with Crippen LogP contribution in [0, 0.1) is 11.8 Å². The predicted molar refractivity (Wildman–Crippen MR) is 79.7 cm³/mol. The highest BCUT2D eigenvalue weighted by Crippen LogP contribution is 2.45. The average molecular weight is 365 g/mol. The Kier molecular flexibility index (Phi) is 5.54. The van der Waals surface area contributed by atoms with Crippen molar-refractivity contribution in [1.29, 1.82) is 0 Å². The van der Waals surface area contributed by atoms with Crippen LogP contribution in [0.3, 0.4) is 0 Å². The van der Waals surface area contributed by atoms with Gasteiger partial charge >= 0.3 is 12.1 Å². The number of aliphatic carboxylic acids is 1. The van der Waals surface area contributed by atoms with E-state index in [1.165, 1.54) is 25.7 Å². The quantitative estimate of drug-likeness (QED) is 0.840. The van der Waals surface area contributed by atoms with Crippen molar-refractivity contribution in [3.63, 3.8) is 0 Å². The minimum atomic E-state index is -5.08. The molecule has 0 amide bonds. The summed E-state index contributed by atoms with van der Waals surface area (Å²) in [5.41, 5.74) is 0. The zero-order valence-corrected chi connectivity index (χ0v) is 13.5. The molecule has 0 radical (unpaired) electrons. The van der Waals surface area contributed by atoms with Gasteiger partial charge in [0.05, 0.1) is 4.90 Å². The maximum Gasteiger partial charge on any atom is 0.490 e. The minimum Gasteiger partial charge on any atom is -0.475 e. The fourth-order valence-corrected chi connectivity index (χ4v) is 3.73. The Labute approximate surface area is 137 Å². The van der Waals surface area contributed by atoms with Gasteiger partial charge in [-0.15, -0.1) is 0 Å². The van der Waals surface area contributed by atoms with Gasteiger partial charge < -0.3 is 5.11 Å². The molecule has 1 aromatic carbocycles. The lowest BCUT2D eigenvalue weighted by atomic mass is 10.1. The summed E-state index contributed by atoms with van der Waals surface area (Å²) < 4.78 is 59.0. The molecule has 2 aliphatic carbocycles. The molecular weight excluding hydrogens is 347 g/mol. The smallest absolute Gasteiger partial charge is 0.475 e. The number of carboxylic acids is 1. The van der Waals surface area contributed by atoms with Gasteiger partial charge in [0.2, 0.25) is 10.0 Å². The third-order valence-corrected chi connectivity index (χ3v) is 5.32. The third-order valence-electron chi connectivity index (χ3n) is 3.85. The summed E-state index contributed by atoms with van der Waals surface area (Å²) in [5.74, 6) is -1.59. The lowest BCUT2D eigenvalue weighted by molar-refractivity contribution is -0.192. The van der Waals surface area contributed by atoms with Gasteiger partial charge in [0.25, 0.3) is 0 Å². The van der Waals surface area contributed by atoms with E-state index in [4.69, 9.17) is 9.90 Å². The maximum atomic E-state index is 12.2. The van der Waals surface area contributed by atoms with Crippen LogP contribution in [-0.2, 0) is 14.8 Å². The van der Waals surface area contributed by atoms with Crippen LogP contribution in [0.4, 0.5) is 13.2 Å². The Bertz CT molecular complexity index is 656. The first kappa shape index (κ1) is 18.7.